The van der Waals surface area contributed by atoms with Crippen LogP contribution in [0.3, 0.4) is 0 Å². The lowest BCUT2D eigenvalue weighted by Crippen LogP contribution is -2.35. The summed E-state index contributed by atoms with van der Waals surface area (Å²) in [7, 11) is 0. The van der Waals surface area contributed by atoms with Crippen LogP contribution in [0.5, 0.6) is 0 Å². The molecule has 7 heteroatoms. The Bertz CT molecular complexity index is 420. The van der Waals surface area contributed by atoms with Crippen LogP contribution in [0, 0.1) is 0 Å². The van der Waals surface area contributed by atoms with Gasteiger partial charge in [0.25, 0.3) is 0 Å². The smallest absolute Gasteiger partial charge is 0.349 e. The molecule has 16 heavy (non-hydrogen) atoms. The molecule has 0 radical (unpaired) electrons. The van der Waals surface area contributed by atoms with E-state index >= 15 is 0 Å². The van der Waals surface area contributed by atoms with Crippen molar-refractivity contribution in [2.24, 2.45) is 0 Å². The van der Waals surface area contributed by atoms with Crippen LogP contribution >= 0.6 is 0 Å². The fourth-order valence-corrected chi connectivity index (χ4v) is 1.67. The van der Waals surface area contributed by atoms with Crippen LogP contribution in [0.15, 0.2) is 23.3 Å². The molecule has 1 aromatic rings. The van der Waals surface area contributed by atoms with Gasteiger partial charge >= 0.3 is 5.69 Å². The average Bonchev–Trinajstić information content (AvgIpc) is 2.57. The van der Waals surface area contributed by atoms with Gasteiger partial charge in [-0.1, -0.05) is 0 Å². The summed E-state index contributed by atoms with van der Waals surface area (Å²) in [6.45, 7) is -0.427. The van der Waals surface area contributed by atoms with Crippen LogP contribution in [-0.2, 0) is 4.74 Å². The molecule has 3 N–H and O–H groups in total. The maximum Gasteiger partial charge on any atom is 0.349 e. The molecule has 2 rings (SSSR count). The second-order valence-electron chi connectivity index (χ2n) is 3.54. The first-order chi connectivity index (χ1) is 7.65. The molecule has 88 valence electrons. The van der Waals surface area contributed by atoms with Crippen LogP contribution in [0.1, 0.15) is 6.23 Å². The SMILES string of the molecule is O=c1ncccn1[C@H]1O[C@@H](CO)[C@@H](O)[C@@H]1O. The second kappa shape index (κ2) is 4.30. The Labute approximate surface area is 90.6 Å². The van der Waals surface area contributed by atoms with E-state index in [2.05, 4.69) is 4.98 Å². The number of aliphatic hydroxyl groups is 3. The highest BCUT2D eigenvalue weighted by Crippen LogP contribution is 2.27. The highest BCUT2D eigenvalue weighted by atomic mass is 16.6. The topological polar surface area (TPSA) is 105 Å². The molecule has 1 saturated heterocycles. The Morgan fingerprint density at radius 1 is 1.44 bits per heavy atom. The van der Waals surface area contributed by atoms with E-state index < -0.39 is 36.8 Å². The maximum absolute atomic E-state index is 11.4. The number of hydrogen-bond acceptors (Lipinski definition) is 6. The fraction of sp³-hybridized carbons (Fsp3) is 0.556. The van der Waals surface area contributed by atoms with E-state index in [4.69, 9.17) is 9.84 Å². The lowest BCUT2D eigenvalue weighted by atomic mass is 10.1. The molecule has 4 atom stereocenters. The molecule has 1 aromatic heterocycles. The average molecular weight is 228 g/mol. The minimum Gasteiger partial charge on any atom is -0.394 e. The van der Waals surface area contributed by atoms with Gasteiger partial charge in [0.15, 0.2) is 6.23 Å². The third-order valence-corrected chi connectivity index (χ3v) is 2.53. The number of nitrogens with zero attached hydrogens (tertiary/aromatic N) is 2. The van der Waals surface area contributed by atoms with Gasteiger partial charge in [0.2, 0.25) is 0 Å². The van der Waals surface area contributed by atoms with Crippen molar-refractivity contribution in [2.45, 2.75) is 24.5 Å². The first kappa shape index (κ1) is 11.2. The number of hydrogen-bond donors (Lipinski definition) is 3. The van der Waals surface area contributed by atoms with E-state index in [9.17, 15) is 15.0 Å². The van der Waals surface area contributed by atoms with Crippen LogP contribution in [0.2, 0.25) is 0 Å². The van der Waals surface area contributed by atoms with Crippen molar-refractivity contribution in [3.8, 4) is 0 Å². The molecular weight excluding hydrogens is 216 g/mol. The van der Waals surface area contributed by atoms with Gasteiger partial charge < -0.3 is 20.1 Å². The summed E-state index contributed by atoms with van der Waals surface area (Å²) in [5, 5.41) is 28.1. The standard InChI is InChI=1S/C9H12N2O5/c12-4-5-6(13)7(14)8(16-5)11-3-1-2-10-9(11)15/h1-3,5-8,12-14H,4H2/t5-,6+,7-,8-/m0/s1. The van der Waals surface area contributed by atoms with Gasteiger partial charge in [0, 0.05) is 12.4 Å². The van der Waals surface area contributed by atoms with Crippen LogP contribution in [0.25, 0.3) is 0 Å². The van der Waals surface area contributed by atoms with Gasteiger partial charge in [-0.2, -0.15) is 0 Å². The minimum absolute atomic E-state index is 0.427. The van der Waals surface area contributed by atoms with Crippen molar-refractivity contribution in [3.05, 3.63) is 28.9 Å². The molecule has 1 fully saturated rings. The highest BCUT2D eigenvalue weighted by molar-refractivity contribution is 4.92. The first-order valence-corrected chi connectivity index (χ1v) is 4.80. The van der Waals surface area contributed by atoms with Crippen molar-refractivity contribution in [3.63, 3.8) is 0 Å². The van der Waals surface area contributed by atoms with E-state index in [0.29, 0.717) is 0 Å². The molecule has 2 heterocycles. The largest absolute Gasteiger partial charge is 0.394 e. The number of aromatic nitrogens is 2. The van der Waals surface area contributed by atoms with Crippen LogP contribution < -0.4 is 5.69 Å². The lowest BCUT2D eigenvalue weighted by Gasteiger charge is -2.16. The molecule has 0 bridgehead atoms. The molecule has 1 aliphatic rings. The normalized spacial score (nSPS) is 34.2. The van der Waals surface area contributed by atoms with Crippen molar-refractivity contribution in [1.29, 1.82) is 0 Å². The van der Waals surface area contributed by atoms with Crippen molar-refractivity contribution < 1.29 is 20.1 Å². The van der Waals surface area contributed by atoms with Gasteiger partial charge in [-0.05, 0) is 6.07 Å². The third kappa shape index (κ3) is 1.74. The Balaban J connectivity index is 2.30. The Hall–Kier alpha value is -1.28. The summed E-state index contributed by atoms with van der Waals surface area (Å²) in [5.74, 6) is 0. The van der Waals surface area contributed by atoms with E-state index in [1.807, 2.05) is 0 Å². The van der Waals surface area contributed by atoms with Crippen molar-refractivity contribution in [1.82, 2.24) is 9.55 Å². The van der Waals surface area contributed by atoms with Crippen LogP contribution in [-0.4, -0.2) is 49.8 Å². The molecule has 0 spiro atoms. The molecule has 7 nitrogen and oxygen atoms in total. The number of rotatable bonds is 2. The number of aliphatic hydroxyl groups excluding tert-OH is 3. The van der Waals surface area contributed by atoms with Crippen molar-refractivity contribution in [2.75, 3.05) is 6.61 Å². The second-order valence-corrected chi connectivity index (χ2v) is 3.54. The van der Waals surface area contributed by atoms with E-state index in [0.717, 1.165) is 4.57 Å². The zero-order valence-electron chi connectivity index (χ0n) is 8.30. The summed E-state index contributed by atoms with van der Waals surface area (Å²) < 4.78 is 6.25. The summed E-state index contributed by atoms with van der Waals surface area (Å²) in [5.41, 5.74) is -0.586. The molecule has 0 unspecified atom stereocenters. The zero-order valence-corrected chi connectivity index (χ0v) is 8.30. The molecular formula is C9H12N2O5. The first-order valence-electron chi connectivity index (χ1n) is 4.80. The quantitative estimate of drug-likeness (QED) is 0.533. The van der Waals surface area contributed by atoms with Crippen LogP contribution in [0.4, 0.5) is 0 Å². The molecule has 0 saturated carbocycles. The molecule has 0 aromatic carbocycles. The minimum atomic E-state index is -1.26. The predicted molar refractivity (Wildman–Crippen MR) is 51.5 cm³/mol. The lowest BCUT2D eigenvalue weighted by molar-refractivity contribution is -0.0549. The van der Waals surface area contributed by atoms with Gasteiger partial charge in [-0.25, -0.2) is 9.78 Å². The van der Waals surface area contributed by atoms with Gasteiger partial charge in [-0.15, -0.1) is 0 Å². The Morgan fingerprint density at radius 3 is 2.75 bits per heavy atom. The summed E-state index contributed by atoms with van der Waals surface area (Å²) >= 11 is 0. The summed E-state index contributed by atoms with van der Waals surface area (Å²) in [4.78, 5) is 14.9. The maximum atomic E-state index is 11.4. The highest BCUT2D eigenvalue weighted by Gasteiger charge is 2.43. The molecule has 0 aliphatic carbocycles. The zero-order chi connectivity index (χ0) is 11.7. The van der Waals surface area contributed by atoms with Gasteiger partial charge in [0.1, 0.15) is 18.3 Å². The van der Waals surface area contributed by atoms with E-state index in [-0.39, 0.29) is 0 Å². The Kier molecular flexibility index (Phi) is 3.01. The number of ether oxygens (including phenoxy) is 1. The predicted octanol–water partition coefficient (Wildman–Crippen LogP) is -2.15. The molecule has 0 amide bonds. The summed E-state index contributed by atoms with van der Waals surface area (Å²) in [6, 6.07) is 1.51. The fourth-order valence-electron chi connectivity index (χ4n) is 1.67. The molecule has 1 aliphatic heterocycles. The van der Waals surface area contributed by atoms with Gasteiger partial charge in [-0.3, -0.25) is 4.57 Å². The van der Waals surface area contributed by atoms with Gasteiger partial charge in [0.05, 0.1) is 6.61 Å². The summed E-state index contributed by atoms with van der Waals surface area (Å²) in [6.07, 6.45) is -1.68. The van der Waals surface area contributed by atoms with E-state index in [1.54, 1.807) is 0 Å². The monoisotopic (exact) mass is 228 g/mol. The Morgan fingerprint density at radius 2 is 2.19 bits per heavy atom. The third-order valence-electron chi connectivity index (χ3n) is 2.53. The van der Waals surface area contributed by atoms with Crippen molar-refractivity contribution >= 4 is 0 Å². The van der Waals surface area contributed by atoms with E-state index in [1.165, 1.54) is 18.5 Å².